The third kappa shape index (κ3) is 5.91. The summed E-state index contributed by atoms with van der Waals surface area (Å²) in [7, 11) is 1.36. The number of aliphatic hydroxyl groups excluding tert-OH is 1. The van der Waals surface area contributed by atoms with Crippen LogP contribution in [-0.4, -0.2) is 48.9 Å². The fourth-order valence-electron chi connectivity index (χ4n) is 3.23. The average molecular weight is 341 g/mol. The molecule has 0 saturated heterocycles. The van der Waals surface area contributed by atoms with Gasteiger partial charge in [-0.1, -0.05) is 13.8 Å². The first-order valence-corrected chi connectivity index (χ1v) is 8.79. The van der Waals surface area contributed by atoms with Gasteiger partial charge in [-0.05, 0) is 44.1 Å². The molecule has 2 N–H and O–H groups in total. The predicted molar refractivity (Wildman–Crippen MR) is 91.4 cm³/mol. The Hall–Kier alpha value is -1.40. The smallest absolute Gasteiger partial charge is 0.333 e. The third-order valence-corrected chi connectivity index (χ3v) is 4.52. The molecule has 0 heterocycles. The van der Waals surface area contributed by atoms with E-state index < -0.39 is 0 Å². The monoisotopic (exact) mass is 341 g/mol. The van der Waals surface area contributed by atoms with Crippen LogP contribution in [0.1, 0.15) is 52.9 Å². The van der Waals surface area contributed by atoms with E-state index in [1.165, 1.54) is 14.0 Å². The summed E-state index contributed by atoms with van der Waals surface area (Å²) in [5.41, 5.74) is 0.581. The predicted octanol–water partition coefficient (Wildman–Crippen LogP) is 1.96. The van der Waals surface area contributed by atoms with Crippen molar-refractivity contribution < 1.29 is 24.2 Å². The number of nitrogens with one attached hydrogen (secondary N) is 1. The van der Waals surface area contributed by atoms with Crippen molar-refractivity contribution in [2.45, 2.75) is 71.1 Å². The Kier molecular flexibility index (Phi) is 9.00. The highest BCUT2D eigenvalue weighted by Gasteiger charge is 2.37. The lowest BCUT2D eigenvalue weighted by Crippen LogP contribution is -2.51. The average Bonchev–Trinajstić information content (AvgIpc) is 2.58. The van der Waals surface area contributed by atoms with Gasteiger partial charge in [0.15, 0.2) is 0 Å². The minimum Gasteiger partial charge on any atom is -0.466 e. The molecule has 6 heteroatoms. The second-order valence-electron chi connectivity index (χ2n) is 6.28. The van der Waals surface area contributed by atoms with Gasteiger partial charge in [0.25, 0.3) is 0 Å². The van der Waals surface area contributed by atoms with Gasteiger partial charge in [-0.15, -0.1) is 0 Å². The van der Waals surface area contributed by atoms with Gasteiger partial charge in [0.05, 0.1) is 25.4 Å². The van der Waals surface area contributed by atoms with Crippen LogP contribution >= 0.6 is 0 Å². The van der Waals surface area contributed by atoms with Crippen molar-refractivity contribution >= 4 is 11.9 Å². The zero-order valence-electron chi connectivity index (χ0n) is 15.2. The Morgan fingerprint density at radius 1 is 1.38 bits per heavy atom. The minimum atomic E-state index is -0.370. The van der Waals surface area contributed by atoms with Gasteiger partial charge in [-0.3, -0.25) is 4.79 Å². The number of methoxy groups -OCH3 is 1. The van der Waals surface area contributed by atoms with Crippen LogP contribution < -0.4 is 5.32 Å². The highest BCUT2D eigenvalue weighted by molar-refractivity contribution is 5.88. The molecule has 0 unspecified atom stereocenters. The normalized spacial score (nSPS) is 23.8. The standard InChI is InChI=1S/C18H31NO5/c1-5-15(6-2)24-16-11-14(18(22)23-4)10-13(8-7-9-20)17(16)19-12(3)21/h11,13,15-17,20H,5-10H2,1-4H3,(H,19,21)/t13-,16+,17+/m0/s1. The molecule has 0 aromatic rings. The fourth-order valence-corrected chi connectivity index (χ4v) is 3.23. The fraction of sp³-hybridized carbons (Fsp3) is 0.778. The summed E-state index contributed by atoms with van der Waals surface area (Å²) < 4.78 is 11.0. The zero-order valence-corrected chi connectivity index (χ0v) is 15.2. The van der Waals surface area contributed by atoms with Crippen molar-refractivity contribution in [2.24, 2.45) is 5.92 Å². The van der Waals surface area contributed by atoms with Gasteiger partial charge in [0, 0.05) is 19.1 Å². The van der Waals surface area contributed by atoms with Crippen molar-refractivity contribution in [1.82, 2.24) is 5.32 Å². The molecular weight excluding hydrogens is 310 g/mol. The summed E-state index contributed by atoms with van der Waals surface area (Å²) in [4.78, 5) is 23.6. The van der Waals surface area contributed by atoms with Gasteiger partial charge in [-0.2, -0.15) is 0 Å². The molecule has 24 heavy (non-hydrogen) atoms. The van der Waals surface area contributed by atoms with E-state index in [4.69, 9.17) is 14.6 Å². The second-order valence-corrected chi connectivity index (χ2v) is 6.28. The van der Waals surface area contributed by atoms with Gasteiger partial charge in [0.2, 0.25) is 5.91 Å². The first kappa shape index (κ1) is 20.6. The van der Waals surface area contributed by atoms with Crippen LogP contribution in [0.5, 0.6) is 0 Å². The lowest BCUT2D eigenvalue weighted by Gasteiger charge is -2.38. The van der Waals surface area contributed by atoms with E-state index >= 15 is 0 Å². The molecule has 0 fully saturated rings. The summed E-state index contributed by atoms with van der Waals surface area (Å²) in [6.07, 6.45) is 5.06. The first-order chi connectivity index (χ1) is 11.5. The molecule has 0 spiro atoms. The molecule has 0 aromatic heterocycles. The lowest BCUT2D eigenvalue weighted by atomic mass is 9.79. The summed E-state index contributed by atoms with van der Waals surface area (Å²) >= 11 is 0. The Bertz CT molecular complexity index is 445. The molecule has 3 atom stereocenters. The molecule has 138 valence electrons. The lowest BCUT2D eigenvalue weighted by molar-refractivity contribution is -0.137. The second kappa shape index (κ2) is 10.5. The Balaban J connectivity index is 3.09. The van der Waals surface area contributed by atoms with Crippen LogP contribution in [0.4, 0.5) is 0 Å². The van der Waals surface area contributed by atoms with Gasteiger partial charge >= 0.3 is 5.97 Å². The topological polar surface area (TPSA) is 84.9 Å². The maximum Gasteiger partial charge on any atom is 0.333 e. The van der Waals surface area contributed by atoms with Crippen LogP contribution in [0.3, 0.4) is 0 Å². The van der Waals surface area contributed by atoms with Gasteiger partial charge in [-0.25, -0.2) is 4.79 Å². The molecule has 6 nitrogen and oxygen atoms in total. The Morgan fingerprint density at radius 2 is 2.04 bits per heavy atom. The van der Waals surface area contributed by atoms with Crippen molar-refractivity contribution in [1.29, 1.82) is 0 Å². The molecule has 0 aromatic carbocycles. The molecule has 0 aliphatic heterocycles. The molecule has 1 aliphatic rings. The van der Waals surface area contributed by atoms with E-state index in [1.807, 2.05) is 0 Å². The number of hydrogen-bond donors (Lipinski definition) is 2. The SMILES string of the molecule is CCC(CC)O[C@@H]1C=C(C(=O)OC)C[C@H](CCCO)[C@H]1NC(C)=O. The van der Waals surface area contributed by atoms with Crippen LogP contribution in [0.2, 0.25) is 0 Å². The van der Waals surface area contributed by atoms with Gasteiger partial charge in [0.1, 0.15) is 0 Å². The highest BCUT2D eigenvalue weighted by Crippen LogP contribution is 2.32. The molecule has 0 radical (unpaired) electrons. The number of carbonyl (C=O) groups is 2. The molecule has 1 rings (SSSR count). The molecule has 1 aliphatic carbocycles. The van der Waals surface area contributed by atoms with Crippen molar-refractivity contribution in [3.05, 3.63) is 11.6 Å². The van der Waals surface area contributed by atoms with Crippen LogP contribution in [0, 0.1) is 5.92 Å². The zero-order chi connectivity index (χ0) is 18.1. The summed E-state index contributed by atoms with van der Waals surface area (Å²) in [6, 6.07) is -0.206. The largest absolute Gasteiger partial charge is 0.466 e. The van der Waals surface area contributed by atoms with E-state index in [-0.39, 0.29) is 42.7 Å². The molecule has 0 saturated carbocycles. The van der Waals surface area contributed by atoms with Crippen LogP contribution in [0.25, 0.3) is 0 Å². The number of hydrogen-bond acceptors (Lipinski definition) is 5. The highest BCUT2D eigenvalue weighted by atomic mass is 16.5. The minimum absolute atomic E-state index is 0.0273. The summed E-state index contributed by atoms with van der Waals surface area (Å²) in [6.45, 7) is 5.67. The number of ether oxygens (including phenoxy) is 2. The van der Waals surface area contributed by atoms with E-state index in [0.717, 1.165) is 12.8 Å². The number of esters is 1. The first-order valence-electron chi connectivity index (χ1n) is 8.79. The Labute approximate surface area is 144 Å². The van der Waals surface area contributed by atoms with Crippen molar-refractivity contribution in [3.8, 4) is 0 Å². The van der Waals surface area contributed by atoms with Crippen molar-refractivity contribution in [3.63, 3.8) is 0 Å². The number of carbonyl (C=O) groups excluding carboxylic acids is 2. The number of aliphatic hydroxyl groups is 1. The maximum absolute atomic E-state index is 12.0. The summed E-state index contributed by atoms with van der Waals surface area (Å²) in [5, 5.41) is 12.1. The Morgan fingerprint density at radius 3 is 2.54 bits per heavy atom. The summed E-state index contributed by atoms with van der Waals surface area (Å²) in [5.74, 6) is -0.454. The van der Waals surface area contributed by atoms with Crippen LogP contribution in [-0.2, 0) is 19.1 Å². The number of amides is 1. The van der Waals surface area contributed by atoms with Crippen molar-refractivity contribution in [2.75, 3.05) is 13.7 Å². The number of rotatable bonds is 9. The molecular formula is C18H31NO5. The molecule has 0 bridgehead atoms. The molecule has 1 amide bonds. The third-order valence-electron chi connectivity index (χ3n) is 4.52. The van der Waals surface area contributed by atoms with E-state index in [2.05, 4.69) is 19.2 Å². The quantitative estimate of drug-likeness (QED) is 0.626. The van der Waals surface area contributed by atoms with Gasteiger partial charge < -0.3 is 19.9 Å². The van der Waals surface area contributed by atoms with E-state index in [1.54, 1.807) is 6.08 Å². The maximum atomic E-state index is 12.0. The van der Waals surface area contributed by atoms with E-state index in [9.17, 15) is 9.59 Å². The van der Waals surface area contributed by atoms with E-state index in [0.29, 0.717) is 24.8 Å². The van der Waals surface area contributed by atoms with Crippen LogP contribution in [0.15, 0.2) is 11.6 Å².